The van der Waals surface area contributed by atoms with Crippen molar-refractivity contribution in [2.75, 3.05) is 20.3 Å². The molecule has 0 aliphatic carbocycles. The summed E-state index contributed by atoms with van der Waals surface area (Å²) in [5, 5.41) is 8.51. The summed E-state index contributed by atoms with van der Waals surface area (Å²) in [7, 11) is 1.67. The highest BCUT2D eigenvalue weighted by atomic mass is 35.5. The monoisotopic (exact) mass is 471 g/mol. The van der Waals surface area contributed by atoms with Gasteiger partial charge in [0.15, 0.2) is 0 Å². The van der Waals surface area contributed by atoms with Crippen LogP contribution in [0.4, 0.5) is 0 Å². The first-order chi connectivity index (χ1) is 15.2. The molecule has 1 aliphatic rings. The maximum absolute atomic E-state index is 13.3. The smallest absolute Gasteiger partial charge is 0.273 e. The van der Waals surface area contributed by atoms with Crippen molar-refractivity contribution in [3.63, 3.8) is 0 Å². The molecule has 5 nitrogen and oxygen atoms in total. The fourth-order valence-electron chi connectivity index (χ4n) is 4.21. The fourth-order valence-corrected chi connectivity index (χ4v) is 4.70. The topological polar surface area (TPSA) is 58.2 Å². The van der Waals surface area contributed by atoms with Crippen LogP contribution >= 0.6 is 23.2 Å². The second kappa shape index (κ2) is 8.89. The van der Waals surface area contributed by atoms with E-state index in [1.54, 1.807) is 19.2 Å². The minimum atomic E-state index is -0.260. The van der Waals surface area contributed by atoms with Gasteiger partial charge in [0.05, 0.1) is 11.1 Å². The third-order valence-corrected chi connectivity index (χ3v) is 6.44. The van der Waals surface area contributed by atoms with Crippen LogP contribution in [-0.2, 0) is 10.2 Å². The van der Waals surface area contributed by atoms with Crippen molar-refractivity contribution in [1.82, 2.24) is 15.1 Å². The van der Waals surface area contributed by atoms with E-state index < -0.39 is 0 Å². The molecule has 0 radical (unpaired) electrons. The van der Waals surface area contributed by atoms with Crippen molar-refractivity contribution in [1.29, 1.82) is 0 Å². The molecule has 168 valence electrons. The van der Waals surface area contributed by atoms with E-state index in [4.69, 9.17) is 27.9 Å². The molecule has 0 saturated heterocycles. The molecule has 0 fully saturated rings. The Morgan fingerprint density at radius 2 is 1.84 bits per heavy atom. The normalized spacial score (nSPS) is 16.0. The minimum Gasteiger partial charge on any atom is -0.385 e. The molecule has 0 saturated carbocycles. The van der Waals surface area contributed by atoms with E-state index in [0.29, 0.717) is 34.6 Å². The van der Waals surface area contributed by atoms with Crippen LogP contribution in [0.1, 0.15) is 60.4 Å². The second-order valence-electron chi connectivity index (χ2n) is 9.10. The van der Waals surface area contributed by atoms with E-state index in [1.807, 2.05) is 11.0 Å². The van der Waals surface area contributed by atoms with Gasteiger partial charge in [-0.15, -0.1) is 0 Å². The summed E-state index contributed by atoms with van der Waals surface area (Å²) in [5.41, 5.74) is 5.10. The number of amides is 1. The number of nitrogens with one attached hydrogen (secondary N) is 1. The van der Waals surface area contributed by atoms with Crippen LogP contribution in [0.3, 0.4) is 0 Å². The van der Waals surface area contributed by atoms with E-state index in [1.165, 1.54) is 5.56 Å². The number of hydrogen-bond acceptors (Lipinski definition) is 3. The lowest BCUT2D eigenvalue weighted by Crippen LogP contribution is -2.31. The van der Waals surface area contributed by atoms with E-state index in [-0.39, 0.29) is 17.4 Å². The van der Waals surface area contributed by atoms with Gasteiger partial charge in [-0.3, -0.25) is 9.89 Å². The summed E-state index contributed by atoms with van der Waals surface area (Å²) in [6.45, 7) is 7.73. The van der Waals surface area contributed by atoms with Crippen molar-refractivity contribution in [3.05, 3.63) is 74.9 Å². The Hall–Kier alpha value is -2.34. The van der Waals surface area contributed by atoms with Crippen molar-refractivity contribution in [2.45, 2.75) is 38.6 Å². The van der Waals surface area contributed by atoms with Crippen molar-refractivity contribution in [2.24, 2.45) is 0 Å². The Bertz CT molecular complexity index is 1130. The van der Waals surface area contributed by atoms with Crippen LogP contribution in [0, 0.1) is 0 Å². The lowest BCUT2D eigenvalue weighted by atomic mass is 9.85. The Balaban J connectivity index is 1.82. The second-order valence-corrected chi connectivity index (χ2v) is 9.95. The first kappa shape index (κ1) is 22.8. The SMILES string of the molecule is COCCCN1C(=O)c2[nH]nc(-c3ccc(Cl)cc3Cl)c2C1c1ccc(C(C)(C)C)cc1. The van der Waals surface area contributed by atoms with Gasteiger partial charge >= 0.3 is 0 Å². The number of carbonyl (C=O) groups excluding carboxylic acids is 1. The molecule has 1 amide bonds. The molecule has 2 aromatic carbocycles. The molecule has 0 bridgehead atoms. The highest BCUT2D eigenvalue weighted by Crippen LogP contribution is 2.44. The third-order valence-electron chi connectivity index (χ3n) is 5.89. The Morgan fingerprint density at radius 3 is 2.47 bits per heavy atom. The minimum absolute atomic E-state index is 0.0466. The molecule has 0 spiro atoms. The van der Waals surface area contributed by atoms with Crippen LogP contribution in [0.15, 0.2) is 42.5 Å². The van der Waals surface area contributed by atoms with Gasteiger partial charge in [0.1, 0.15) is 11.4 Å². The first-order valence-electron chi connectivity index (χ1n) is 10.7. The Kier molecular flexibility index (Phi) is 6.35. The van der Waals surface area contributed by atoms with Gasteiger partial charge < -0.3 is 9.64 Å². The summed E-state index contributed by atoms with van der Waals surface area (Å²) in [5.74, 6) is -0.0650. The van der Waals surface area contributed by atoms with Gasteiger partial charge in [0.2, 0.25) is 0 Å². The summed E-state index contributed by atoms with van der Waals surface area (Å²) in [6.07, 6.45) is 0.744. The number of benzene rings is 2. The predicted molar refractivity (Wildman–Crippen MR) is 129 cm³/mol. The number of nitrogens with zero attached hydrogens (tertiary/aromatic N) is 2. The fraction of sp³-hybridized carbons (Fsp3) is 0.360. The van der Waals surface area contributed by atoms with Crippen molar-refractivity contribution in [3.8, 4) is 11.3 Å². The largest absolute Gasteiger partial charge is 0.385 e. The van der Waals surface area contributed by atoms with Gasteiger partial charge in [0.25, 0.3) is 5.91 Å². The van der Waals surface area contributed by atoms with Gasteiger partial charge in [-0.2, -0.15) is 5.10 Å². The van der Waals surface area contributed by atoms with Gasteiger partial charge in [-0.25, -0.2) is 0 Å². The van der Waals surface area contributed by atoms with Gasteiger partial charge in [0, 0.05) is 36.4 Å². The Morgan fingerprint density at radius 1 is 1.12 bits per heavy atom. The molecule has 1 aliphatic heterocycles. The number of H-pyrrole nitrogens is 1. The highest BCUT2D eigenvalue weighted by Gasteiger charge is 2.42. The molecule has 1 atom stereocenters. The number of aromatic nitrogens is 2. The van der Waals surface area contributed by atoms with E-state index >= 15 is 0 Å². The summed E-state index contributed by atoms with van der Waals surface area (Å²) in [6, 6.07) is 13.6. The maximum Gasteiger partial charge on any atom is 0.273 e. The molecule has 1 N–H and O–H groups in total. The van der Waals surface area contributed by atoms with Gasteiger partial charge in [-0.1, -0.05) is 68.2 Å². The predicted octanol–water partition coefficient (Wildman–Crippen LogP) is 6.26. The Labute approximate surface area is 198 Å². The third kappa shape index (κ3) is 4.17. The average molecular weight is 472 g/mol. The highest BCUT2D eigenvalue weighted by molar-refractivity contribution is 6.36. The number of fused-ring (bicyclic) bond motifs is 1. The zero-order valence-corrected chi connectivity index (χ0v) is 20.2. The summed E-state index contributed by atoms with van der Waals surface area (Å²) < 4.78 is 5.22. The van der Waals surface area contributed by atoms with Gasteiger partial charge in [-0.05, 0) is 41.2 Å². The molecule has 32 heavy (non-hydrogen) atoms. The van der Waals surface area contributed by atoms with Crippen LogP contribution < -0.4 is 0 Å². The number of rotatable bonds is 6. The number of ether oxygens (including phenoxy) is 1. The number of aromatic amines is 1. The molecule has 1 unspecified atom stereocenters. The number of carbonyl (C=O) groups is 1. The lowest BCUT2D eigenvalue weighted by molar-refractivity contribution is 0.0723. The van der Waals surface area contributed by atoms with Crippen molar-refractivity contribution < 1.29 is 9.53 Å². The molecule has 3 aromatic rings. The molecule has 2 heterocycles. The first-order valence-corrected chi connectivity index (χ1v) is 11.4. The summed E-state index contributed by atoms with van der Waals surface area (Å²) >= 11 is 12.6. The van der Waals surface area contributed by atoms with Crippen LogP contribution in [0.2, 0.25) is 10.0 Å². The molecular weight excluding hydrogens is 445 g/mol. The zero-order valence-electron chi connectivity index (χ0n) is 18.7. The molecule has 7 heteroatoms. The van der Waals surface area contributed by atoms with Crippen LogP contribution in [-0.4, -0.2) is 41.3 Å². The maximum atomic E-state index is 13.3. The van der Waals surface area contributed by atoms with E-state index in [9.17, 15) is 4.79 Å². The summed E-state index contributed by atoms with van der Waals surface area (Å²) in [4.78, 5) is 15.2. The van der Waals surface area contributed by atoms with Crippen LogP contribution in [0.5, 0.6) is 0 Å². The molecule has 1 aromatic heterocycles. The standard InChI is InChI=1S/C25H27Cl2N3O2/c1-25(2,3)16-8-6-15(7-9-16)23-20-21(18-11-10-17(26)14-19(18)27)28-29-22(20)24(31)30(23)12-5-13-32-4/h6-11,14,23H,5,12-13H2,1-4H3,(H,28,29). The number of halogens is 2. The lowest BCUT2D eigenvalue weighted by Gasteiger charge is -2.27. The zero-order chi connectivity index (χ0) is 23.0. The average Bonchev–Trinajstić information content (AvgIpc) is 3.27. The van der Waals surface area contributed by atoms with Crippen molar-refractivity contribution >= 4 is 29.1 Å². The number of hydrogen-bond donors (Lipinski definition) is 1. The molecular formula is C25H27Cl2N3O2. The quantitative estimate of drug-likeness (QED) is 0.431. The van der Waals surface area contributed by atoms with E-state index in [2.05, 4.69) is 55.2 Å². The van der Waals surface area contributed by atoms with Crippen LogP contribution in [0.25, 0.3) is 11.3 Å². The molecule has 4 rings (SSSR count). The van der Waals surface area contributed by atoms with E-state index in [0.717, 1.165) is 23.1 Å². The number of methoxy groups -OCH3 is 1.